The Hall–Kier alpha value is -2.52. The predicted octanol–water partition coefficient (Wildman–Crippen LogP) is 4.40. The first-order valence-electron chi connectivity index (χ1n) is 10.4. The summed E-state index contributed by atoms with van der Waals surface area (Å²) in [4.78, 5) is 21.4. The fourth-order valence-electron chi connectivity index (χ4n) is 3.37. The smallest absolute Gasteiger partial charge is 0.259 e. The van der Waals surface area contributed by atoms with Gasteiger partial charge in [0.25, 0.3) is 5.56 Å². The highest BCUT2D eigenvalue weighted by Crippen LogP contribution is 2.40. The second kappa shape index (κ2) is 7.81. The molecule has 0 saturated heterocycles. The Kier molecular flexibility index (Phi) is 5.89. The summed E-state index contributed by atoms with van der Waals surface area (Å²) in [5.41, 5.74) is 3.20. The van der Waals surface area contributed by atoms with Crippen LogP contribution in [-0.4, -0.2) is 37.5 Å². The Balaban J connectivity index is 2.25. The van der Waals surface area contributed by atoms with Crippen molar-refractivity contribution in [1.29, 1.82) is 0 Å². The third kappa shape index (κ3) is 4.23. The minimum absolute atomic E-state index is 0.0399. The van der Waals surface area contributed by atoms with Gasteiger partial charge in [0.05, 0.1) is 0 Å². The van der Waals surface area contributed by atoms with E-state index in [2.05, 4.69) is 43.8 Å². The van der Waals surface area contributed by atoms with Crippen LogP contribution in [0.4, 0.5) is 0 Å². The molecule has 7 nitrogen and oxygen atoms in total. The minimum Gasteiger partial charge on any atom is -0.543 e. The maximum atomic E-state index is 13.3. The molecule has 0 aliphatic heterocycles. The molecule has 0 radical (unpaired) electrons. The lowest BCUT2D eigenvalue weighted by atomic mass is 9.95. The van der Waals surface area contributed by atoms with E-state index < -0.39 is 18.2 Å². The van der Waals surface area contributed by atoms with Crippen LogP contribution >= 0.6 is 0 Å². The van der Waals surface area contributed by atoms with Crippen molar-refractivity contribution in [2.45, 2.75) is 57.9 Å². The zero-order valence-corrected chi connectivity index (χ0v) is 22.0. The number of pyridine rings is 1. The third-order valence-corrected chi connectivity index (χ3v) is 11.5. The Morgan fingerprint density at radius 3 is 2.31 bits per heavy atom. The molecule has 0 fully saturated rings. The zero-order chi connectivity index (χ0) is 24.2. The molecule has 0 unspecified atom stereocenters. The van der Waals surface area contributed by atoms with Gasteiger partial charge in [-0.15, -0.1) is 0 Å². The number of nitrogens with zero attached hydrogens (tertiary/aromatic N) is 3. The maximum absolute atomic E-state index is 13.3. The average Bonchev–Trinajstić information content (AvgIpc) is 2.66. The van der Waals surface area contributed by atoms with E-state index in [-0.39, 0.29) is 21.4 Å². The second-order valence-corrected chi connectivity index (χ2v) is 16.5. The minimum atomic E-state index is -3.59. The van der Waals surface area contributed by atoms with Gasteiger partial charge in [0, 0.05) is 30.4 Å². The van der Waals surface area contributed by atoms with Gasteiger partial charge in [-0.05, 0) is 60.8 Å². The van der Waals surface area contributed by atoms with Gasteiger partial charge in [-0.2, -0.15) is 4.98 Å². The predicted molar refractivity (Wildman–Crippen MR) is 131 cm³/mol. The molecule has 0 atom stereocenters. The summed E-state index contributed by atoms with van der Waals surface area (Å²) in [7, 11) is -4.06. The van der Waals surface area contributed by atoms with Crippen molar-refractivity contribution in [3.63, 3.8) is 0 Å². The number of benzene rings is 1. The Morgan fingerprint density at radius 2 is 1.75 bits per heavy atom. The lowest BCUT2D eigenvalue weighted by Crippen LogP contribution is -2.44. The molecule has 2 heterocycles. The lowest BCUT2D eigenvalue weighted by Gasteiger charge is -2.37. The van der Waals surface area contributed by atoms with Gasteiger partial charge in [-0.1, -0.05) is 26.8 Å². The van der Waals surface area contributed by atoms with E-state index in [1.807, 2.05) is 26.0 Å². The van der Waals surface area contributed by atoms with E-state index in [9.17, 15) is 13.2 Å². The molecule has 0 bridgehead atoms. The topological polar surface area (TPSA) is 91.2 Å². The van der Waals surface area contributed by atoms with Gasteiger partial charge in [-0.3, -0.25) is 9.36 Å². The fraction of sp³-hybridized carbons (Fsp3) is 0.435. The second-order valence-electron chi connectivity index (χ2n) is 9.87. The number of aromatic nitrogens is 3. The Bertz CT molecular complexity index is 1390. The van der Waals surface area contributed by atoms with Crippen molar-refractivity contribution in [1.82, 2.24) is 14.5 Å². The standard InChI is InChI=1S/C23H31N3O4SSi/c1-14-10-11-18(30-32(8,9)23(3,4)5)15(2)19(14)17-12-16-13-24-22(31(7,28)29)25-20(16)26(6)21(17)27/h10-13H,1-9H3. The van der Waals surface area contributed by atoms with Crippen molar-refractivity contribution in [3.8, 4) is 16.9 Å². The van der Waals surface area contributed by atoms with Crippen molar-refractivity contribution in [2.75, 3.05) is 6.26 Å². The van der Waals surface area contributed by atoms with Crippen LogP contribution in [0, 0.1) is 13.8 Å². The van der Waals surface area contributed by atoms with E-state index in [0.717, 1.165) is 28.7 Å². The van der Waals surface area contributed by atoms with E-state index in [1.165, 1.54) is 10.8 Å². The molecule has 0 aliphatic carbocycles. The third-order valence-electron chi connectivity index (χ3n) is 6.32. The van der Waals surface area contributed by atoms with Crippen LogP contribution in [0.2, 0.25) is 18.1 Å². The largest absolute Gasteiger partial charge is 0.543 e. The molecule has 0 amide bonds. The van der Waals surface area contributed by atoms with Gasteiger partial charge in [-0.25, -0.2) is 13.4 Å². The van der Waals surface area contributed by atoms with Crippen LogP contribution in [0.5, 0.6) is 5.75 Å². The molecule has 172 valence electrons. The van der Waals surface area contributed by atoms with Crippen molar-refractivity contribution in [3.05, 3.63) is 45.9 Å². The van der Waals surface area contributed by atoms with E-state index in [1.54, 1.807) is 13.1 Å². The number of aryl methyl sites for hydroxylation is 2. The van der Waals surface area contributed by atoms with Gasteiger partial charge >= 0.3 is 0 Å². The lowest BCUT2D eigenvalue weighted by molar-refractivity contribution is 0.489. The van der Waals surface area contributed by atoms with E-state index >= 15 is 0 Å². The van der Waals surface area contributed by atoms with Crippen LogP contribution in [0.15, 0.2) is 34.3 Å². The van der Waals surface area contributed by atoms with Crippen molar-refractivity contribution >= 4 is 29.2 Å². The van der Waals surface area contributed by atoms with Crippen molar-refractivity contribution in [2.24, 2.45) is 7.05 Å². The van der Waals surface area contributed by atoms with Gasteiger partial charge in [0.15, 0.2) is 0 Å². The molecule has 9 heteroatoms. The number of hydrogen-bond acceptors (Lipinski definition) is 6. The molecule has 0 aliphatic rings. The van der Waals surface area contributed by atoms with Crippen LogP contribution in [0.1, 0.15) is 31.9 Å². The Labute approximate surface area is 190 Å². The van der Waals surface area contributed by atoms with Gasteiger partial charge in [0.2, 0.25) is 23.3 Å². The van der Waals surface area contributed by atoms with Gasteiger partial charge in [0.1, 0.15) is 11.4 Å². The quantitative estimate of drug-likeness (QED) is 0.412. The molecule has 2 aromatic heterocycles. The highest BCUT2D eigenvalue weighted by molar-refractivity contribution is 7.90. The number of sulfone groups is 1. The Morgan fingerprint density at radius 1 is 1.12 bits per heavy atom. The summed E-state index contributed by atoms with van der Waals surface area (Å²) in [5.74, 6) is 0.781. The van der Waals surface area contributed by atoms with Crippen LogP contribution < -0.4 is 9.99 Å². The van der Waals surface area contributed by atoms with E-state index in [4.69, 9.17) is 4.43 Å². The molecule has 0 spiro atoms. The van der Waals surface area contributed by atoms with Crippen LogP contribution in [-0.2, 0) is 16.9 Å². The van der Waals surface area contributed by atoms with Gasteiger partial charge < -0.3 is 4.43 Å². The first-order valence-corrected chi connectivity index (χ1v) is 15.2. The van der Waals surface area contributed by atoms with Crippen molar-refractivity contribution < 1.29 is 12.8 Å². The maximum Gasteiger partial charge on any atom is 0.259 e. The first kappa shape index (κ1) is 24.1. The number of rotatable bonds is 4. The van der Waals surface area contributed by atoms with Crippen LogP contribution in [0.3, 0.4) is 0 Å². The fourth-order valence-corrected chi connectivity index (χ4v) is 4.94. The summed E-state index contributed by atoms with van der Waals surface area (Å²) >= 11 is 0. The molecule has 3 rings (SSSR count). The highest BCUT2D eigenvalue weighted by Gasteiger charge is 2.39. The molecule has 0 N–H and O–H groups in total. The SMILES string of the molecule is Cc1ccc(O[Si](C)(C)C(C)(C)C)c(C)c1-c1cc2cnc(S(C)(=O)=O)nc2n(C)c1=O. The molecular weight excluding hydrogens is 442 g/mol. The summed E-state index contributed by atoms with van der Waals surface area (Å²) in [5, 5.41) is 0.326. The normalized spacial score (nSPS) is 12.9. The first-order chi connectivity index (χ1) is 14.5. The van der Waals surface area contributed by atoms with E-state index in [0.29, 0.717) is 10.9 Å². The summed E-state index contributed by atoms with van der Waals surface area (Å²) < 4.78 is 31.6. The molecule has 32 heavy (non-hydrogen) atoms. The summed E-state index contributed by atoms with van der Waals surface area (Å²) in [6.07, 6.45) is 2.49. The van der Waals surface area contributed by atoms with Crippen LogP contribution in [0.25, 0.3) is 22.2 Å². The molecule has 0 saturated carbocycles. The number of fused-ring (bicyclic) bond motifs is 1. The number of hydrogen-bond donors (Lipinski definition) is 0. The monoisotopic (exact) mass is 473 g/mol. The summed E-state index contributed by atoms with van der Waals surface area (Å²) in [6.45, 7) is 14.9. The summed E-state index contributed by atoms with van der Waals surface area (Å²) in [6, 6.07) is 5.68. The zero-order valence-electron chi connectivity index (χ0n) is 20.2. The molecule has 3 aromatic rings. The molecular formula is C23H31N3O4SSi. The molecule has 1 aromatic carbocycles. The average molecular weight is 474 g/mol. The highest BCUT2D eigenvalue weighted by atomic mass is 32.2.